The van der Waals surface area contributed by atoms with Crippen molar-refractivity contribution in [3.05, 3.63) is 101 Å². The number of piperidine rings is 1. The molecule has 2 aromatic heterocycles. The molecule has 1 aliphatic carbocycles. The SMILES string of the molecule is COc1cc(-c2ccc(CN3CCC(N(Cc4ccc(-c5cc(OC)c(OC)c(OC)c5)nc4)c4ccc5c(c4)CCC5)CC3)cn2)cc(OC)c1OC.Cl.Cl.Cl. The smallest absolute Gasteiger partial charge is 0.203 e. The number of methoxy groups -OCH3 is 6. The van der Waals surface area contributed by atoms with E-state index in [2.05, 4.69) is 52.3 Å². The molecule has 0 spiro atoms. The Hall–Kier alpha value is -4.61. The van der Waals surface area contributed by atoms with Crippen LogP contribution in [0.5, 0.6) is 34.5 Å². The summed E-state index contributed by atoms with van der Waals surface area (Å²) in [5, 5.41) is 0. The number of rotatable bonds is 14. The minimum atomic E-state index is 0. The molecule has 306 valence electrons. The standard InChI is InChI=1S/C44H50N4O6.3ClH/c1-49-39-21-33(22-40(50-2)43(39)53-5)37-14-10-29(25-45-37)27-47-18-16-35(17-19-47)48(36-13-12-31-8-7-9-32(31)20-36)28-30-11-15-38(46-26-30)34-23-41(51-3)44(54-6)42(24-34)52-4;;;/h10-15,20-26,35H,7-9,16-19,27-28H2,1-6H3;3*1H. The second kappa shape index (κ2) is 20.7. The number of anilines is 1. The molecule has 7 rings (SSSR count). The van der Waals surface area contributed by atoms with Crippen LogP contribution < -0.4 is 33.3 Å². The molecule has 10 nitrogen and oxygen atoms in total. The number of nitrogens with zero attached hydrogens (tertiary/aromatic N) is 4. The third-order valence-corrected chi connectivity index (χ3v) is 10.7. The fraction of sp³-hybridized carbons (Fsp3) is 0.364. The Kier molecular flexibility index (Phi) is 16.4. The van der Waals surface area contributed by atoms with Gasteiger partial charge in [-0.05, 0) is 103 Å². The van der Waals surface area contributed by atoms with Gasteiger partial charge in [0.15, 0.2) is 23.0 Å². The second-order valence-corrected chi connectivity index (χ2v) is 13.9. The van der Waals surface area contributed by atoms with Gasteiger partial charge in [0.25, 0.3) is 0 Å². The molecule has 0 saturated carbocycles. The van der Waals surface area contributed by atoms with Crippen molar-refractivity contribution in [2.24, 2.45) is 0 Å². The Morgan fingerprint density at radius 3 is 1.53 bits per heavy atom. The molecule has 0 atom stereocenters. The molecular formula is C44H53Cl3N4O6. The zero-order chi connectivity index (χ0) is 37.6. The number of benzene rings is 3. The number of fused-ring (bicyclic) bond motifs is 1. The number of pyridine rings is 2. The summed E-state index contributed by atoms with van der Waals surface area (Å²) in [6, 6.07) is 23.8. The number of hydrogen-bond acceptors (Lipinski definition) is 10. The predicted octanol–water partition coefficient (Wildman–Crippen LogP) is 9.29. The highest BCUT2D eigenvalue weighted by Crippen LogP contribution is 2.42. The van der Waals surface area contributed by atoms with Crippen molar-refractivity contribution >= 4 is 42.9 Å². The van der Waals surface area contributed by atoms with Crippen LogP contribution in [0.2, 0.25) is 0 Å². The second-order valence-electron chi connectivity index (χ2n) is 13.9. The van der Waals surface area contributed by atoms with Gasteiger partial charge in [-0.1, -0.05) is 18.2 Å². The third-order valence-electron chi connectivity index (χ3n) is 10.7. The van der Waals surface area contributed by atoms with Gasteiger partial charge in [0.1, 0.15) is 0 Å². The fourth-order valence-corrected chi connectivity index (χ4v) is 7.85. The van der Waals surface area contributed by atoms with E-state index in [4.69, 9.17) is 38.4 Å². The van der Waals surface area contributed by atoms with Crippen molar-refractivity contribution < 1.29 is 28.4 Å². The Labute approximate surface area is 355 Å². The van der Waals surface area contributed by atoms with Gasteiger partial charge in [-0.15, -0.1) is 37.2 Å². The van der Waals surface area contributed by atoms with Crippen LogP contribution in [0.15, 0.2) is 79.1 Å². The van der Waals surface area contributed by atoms with Gasteiger partial charge in [-0.3, -0.25) is 14.9 Å². The van der Waals surface area contributed by atoms with Gasteiger partial charge in [0.2, 0.25) is 11.5 Å². The zero-order valence-electron chi connectivity index (χ0n) is 33.4. The number of aromatic nitrogens is 2. The first-order chi connectivity index (χ1) is 26.4. The van der Waals surface area contributed by atoms with E-state index < -0.39 is 0 Å². The summed E-state index contributed by atoms with van der Waals surface area (Å²) < 4.78 is 33.3. The number of hydrogen-bond donors (Lipinski definition) is 0. The van der Waals surface area contributed by atoms with Crippen molar-refractivity contribution in [2.45, 2.75) is 51.2 Å². The predicted molar refractivity (Wildman–Crippen MR) is 233 cm³/mol. The van der Waals surface area contributed by atoms with Crippen LogP contribution in [0, 0.1) is 0 Å². The molecule has 2 aliphatic rings. The van der Waals surface area contributed by atoms with Crippen LogP contribution in [0.3, 0.4) is 0 Å². The summed E-state index contributed by atoms with van der Waals surface area (Å²) in [7, 11) is 9.73. The van der Waals surface area contributed by atoms with Gasteiger partial charge in [-0.2, -0.15) is 0 Å². The van der Waals surface area contributed by atoms with Crippen molar-refractivity contribution in [3.63, 3.8) is 0 Å². The Morgan fingerprint density at radius 1 is 0.579 bits per heavy atom. The molecule has 0 N–H and O–H groups in total. The summed E-state index contributed by atoms with van der Waals surface area (Å²) in [5.74, 6) is 3.57. The highest BCUT2D eigenvalue weighted by Gasteiger charge is 2.27. The van der Waals surface area contributed by atoms with Crippen LogP contribution in [0.4, 0.5) is 5.69 Å². The molecule has 0 amide bonds. The average molecular weight is 840 g/mol. The van der Waals surface area contributed by atoms with Crippen LogP contribution in [0.1, 0.15) is 41.5 Å². The van der Waals surface area contributed by atoms with E-state index in [1.807, 2.05) is 36.7 Å². The van der Waals surface area contributed by atoms with E-state index in [0.29, 0.717) is 40.5 Å². The molecule has 3 aromatic carbocycles. The van der Waals surface area contributed by atoms with Gasteiger partial charge in [0, 0.05) is 61.4 Å². The first-order valence-corrected chi connectivity index (χ1v) is 18.6. The summed E-state index contributed by atoms with van der Waals surface area (Å²) in [6.45, 7) is 3.68. The van der Waals surface area contributed by atoms with Crippen molar-refractivity contribution in [1.82, 2.24) is 14.9 Å². The molecule has 1 aliphatic heterocycles. The summed E-state index contributed by atoms with van der Waals surface area (Å²) in [6.07, 6.45) is 9.71. The lowest BCUT2D eigenvalue weighted by Crippen LogP contribution is -2.44. The van der Waals surface area contributed by atoms with E-state index in [1.54, 1.807) is 42.7 Å². The minimum absolute atomic E-state index is 0. The number of ether oxygens (including phenoxy) is 6. The monoisotopic (exact) mass is 838 g/mol. The summed E-state index contributed by atoms with van der Waals surface area (Å²) in [4.78, 5) is 14.9. The number of likely N-dealkylation sites (tertiary alicyclic amines) is 1. The third kappa shape index (κ3) is 9.92. The molecule has 57 heavy (non-hydrogen) atoms. The van der Waals surface area contributed by atoms with Crippen LogP contribution in [0.25, 0.3) is 22.5 Å². The lowest BCUT2D eigenvalue weighted by molar-refractivity contribution is 0.200. The molecule has 1 saturated heterocycles. The molecule has 0 bridgehead atoms. The maximum Gasteiger partial charge on any atom is 0.203 e. The first-order valence-electron chi connectivity index (χ1n) is 18.6. The molecule has 5 aromatic rings. The van der Waals surface area contributed by atoms with Crippen LogP contribution in [-0.2, 0) is 25.9 Å². The topological polar surface area (TPSA) is 87.6 Å². The average Bonchev–Trinajstić information content (AvgIpc) is 3.71. The van der Waals surface area contributed by atoms with E-state index in [-0.39, 0.29) is 37.2 Å². The maximum atomic E-state index is 5.59. The lowest BCUT2D eigenvalue weighted by Gasteiger charge is -2.40. The Bertz CT molecular complexity index is 2010. The zero-order valence-corrected chi connectivity index (χ0v) is 35.9. The van der Waals surface area contributed by atoms with Crippen LogP contribution in [-0.4, -0.2) is 76.7 Å². The van der Waals surface area contributed by atoms with E-state index in [0.717, 1.165) is 68.0 Å². The fourth-order valence-electron chi connectivity index (χ4n) is 7.85. The van der Waals surface area contributed by atoms with Gasteiger partial charge in [-0.25, -0.2) is 0 Å². The molecular weight excluding hydrogens is 787 g/mol. The Morgan fingerprint density at radius 2 is 1.07 bits per heavy atom. The highest BCUT2D eigenvalue weighted by molar-refractivity contribution is 5.86. The molecule has 0 unspecified atom stereocenters. The summed E-state index contributed by atoms with van der Waals surface area (Å²) >= 11 is 0. The molecule has 1 fully saturated rings. The molecule has 0 radical (unpaired) electrons. The van der Waals surface area contributed by atoms with Crippen molar-refractivity contribution in [2.75, 3.05) is 60.6 Å². The largest absolute Gasteiger partial charge is 0.493 e. The normalized spacial score (nSPS) is 13.6. The van der Waals surface area contributed by atoms with Gasteiger partial charge < -0.3 is 33.3 Å². The van der Waals surface area contributed by atoms with Crippen LogP contribution >= 0.6 is 37.2 Å². The highest BCUT2D eigenvalue weighted by atomic mass is 35.5. The maximum absolute atomic E-state index is 5.59. The summed E-state index contributed by atoms with van der Waals surface area (Å²) in [5.41, 5.74) is 10.2. The Balaban J connectivity index is 0.00000240. The van der Waals surface area contributed by atoms with E-state index in [1.165, 1.54) is 40.8 Å². The van der Waals surface area contributed by atoms with Crippen molar-refractivity contribution in [1.29, 1.82) is 0 Å². The molecule has 3 heterocycles. The van der Waals surface area contributed by atoms with Gasteiger partial charge >= 0.3 is 0 Å². The van der Waals surface area contributed by atoms with Crippen molar-refractivity contribution in [3.8, 4) is 57.0 Å². The number of halogens is 3. The van der Waals surface area contributed by atoms with E-state index >= 15 is 0 Å². The van der Waals surface area contributed by atoms with E-state index in [9.17, 15) is 0 Å². The molecule has 13 heteroatoms. The van der Waals surface area contributed by atoms with Gasteiger partial charge in [0.05, 0.1) is 54.0 Å². The number of aryl methyl sites for hydroxylation is 2. The quantitative estimate of drug-likeness (QED) is 0.108. The first kappa shape index (κ1) is 45.1. The lowest BCUT2D eigenvalue weighted by atomic mass is 9.99. The minimum Gasteiger partial charge on any atom is -0.493 e.